The van der Waals surface area contributed by atoms with Crippen LogP contribution in [0.2, 0.25) is 0 Å². The Balaban J connectivity index is 1.50. The Morgan fingerprint density at radius 1 is 1.24 bits per heavy atom. The van der Waals surface area contributed by atoms with Gasteiger partial charge < -0.3 is 10.2 Å². The van der Waals surface area contributed by atoms with Gasteiger partial charge in [0.1, 0.15) is 11.6 Å². The van der Waals surface area contributed by atoms with Crippen LogP contribution in [0, 0.1) is 20.8 Å². The molecule has 0 radical (unpaired) electrons. The third-order valence-corrected chi connectivity index (χ3v) is 4.46. The third-order valence-electron chi connectivity index (χ3n) is 4.46. The van der Waals surface area contributed by atoms with E-state index < -0.39 is 0 Å². The maximum atomic E-state index is 12.2. The van der Waals surface area contributed by atoms with E-state index in [9.17, 15) is 4.79 Å². The van der Waals surface area contributed by atoms with Crippen molar-refractivity contribution in [1.29, 1.82) is 0 Å². The molecule has 2 aromatic rings. The minimum Gasteiger partial charge on any atom is -0.353 e. The van der Waals surface area contributed by atoms with Crippen LogP contribution in [-0.2, 0) is 4.79 Å². The molecule has 3 rings (SSSR count). The number of nitrogens with zero attached hydrogens (tertiary/aromatic N) is 4. The van der Waals surface area contributed by atoms with Gasteiger partial charge in [0.05, 0.1) is 6.54 Å². The van der Waals surface area contributed by atoms with E-state index in [1.165, 1.54) is 0 Å². The molecule has 1 fully saturated rings. The van der Waals surface area contributed by atoms with Gasteiger partial charge in [-0.1, -0.05) is 12.1 Å². The highest BCUT2D eigenvalue weighted by atomic mass is 16.2. The molecule has 6 nitrogen and oxygen atoms in total. The molecule has 1 N–H and O–H groups in total. The Morgan fingerprint density at radius 2 is 2.00 bits per heavy atom. The second-order valence-electron chi connectivity index (χ2n) is 6.81. The predicted molar refractivity (Wildman–Crippen MR) is 99.9 cm³/mol. The first-order valence-electron chi connectivity index (χ1n) is 8.55. The number of carbonyl (C=O) groups excluding carboxylic acids is 1. The lowest BCUT2D eigenvalue weighted by atomic mass is 10.1. The number of nitrogens with one attached hydrogen (secondary N) is 1. The van der Waals surface area contributed by atoms with Gasteiger partial charge in [0, 0.05) is 36.6 Å². The average molecular weight is 339 g/mol. The Labute approximate surface area is 148 Å². The number of likely N-dealkylation sites (N-methyl/N-ethyl adjacent to an activating group) is 1. The smallest absolute Gasteiger partial charge is 0.238 e. The minimum absolute atomic E-state index is 0.0141. The summed E-state index contributed by atoms with van der Waals surface area (Å²) in [5.74, 6) is 1.78. The lowest BCUT2D eigenvalue weighted by Crippen LogP contribution is -2.59. The van der Waals surface area contributed by atoms with E-state index in [1.807, 2.05) is 58.2 Å². The molecule has 1 amide bonds. The minimum atomic E-state index is 0.0141. The molecule has 0 bridgehead atoms. The van der Waals surface area contributed by atoms with Crippen molar-refractivity contribution in [3.63, 3.8) is 0 Å². The van der Waals surface area contributed by atoms with E-state index in [0.29, 0.717) is 12.6 Å². The number of anilines is 2. The van der Waals surface area contributed by atoms with Crippen molar-refractivity contribution in [2.24, 2.45) is 0 Å². The monoisotopic (exact) mass is 339 g/mol. The Hall–Kier alpha value is -2.47. The molecular formula is C19H25N5O. The fourth-order valence-corrected chi connectivity index (χ4v) is 3.06. The van der Waals surface area contributed by atoms with E-state index >= 15 is 0 Å². The van der Waals surface area contributed by atoms with Crippen molar-refractivity contribution in [3.05, 3.63) is 47.4 Å². The van der Waals surface area contributed by atoms with E-state index in [0.717, 1.165) is 41.7 Å². The quantitative estimate of drug-likeness (QED) is 0.904. The number of amides is 1. The van der Waals surface area contributed by atoms with E-state index in [-0.39, 0.29) is 5.91 Å². The summed E-state index contributed by atoms with van der Waals surface area (Å²) in [7, 11) is 1.99. The Morgan fingerprint density at radius 3 is 2.68 bits per heavy atom. The fourth-order valence-electron chi connectivity index (χ4n) is 3.06. The molecule has 6 heteroatoms. The number of rotatable bonds is 5. The molecule has 1 saturated heterocycles. The lowest BCUT2D eigenvalue weighted by molar-refractivity contribution is -0.117. The molecule has 2 heterocycles. The first-order valence-corrected chi connectivity index (χ1v) is 8.55. The van der Waals surface area contributed by atoms with Crippen molar-refractivity contribution in [2.75, 3.05) is 36.9 Å². The Kier molecular flexibility index (Phi) is 4.99. The van der Waals surface area contributed by atoms with Crippen LogP contribution < -0.4 is 10.2 Å². The van der Waals surface area contributed by atoms with Crippen molar-refractivity contribution >= 4 is 17.4 Å². The van der Waals surface area contributed by atoms with Gasteiger partial charge in [-0.05, 0) is 45.5 Å². The van der Waals surface area contributed by atoms with E-state index in [4.69, 9.17) is 0 Å². The maximum Gasteiger partial charge on any atom is 0.238 e. The van der Waals surface area contributed by atoms with Gasteiger partial charge in [0.25, 0.3) is 0 Å². The second-order valence-corrected chi connectivity index (χ2v) is 6.81. The number of carbonyl (C=O) groups is 1. The van der Waals surface area contributed by atoms with Gasteiger partial charge in [0.15, 0.2) is 0 Å². The summed E-state index contributed by atoms with van der Waals surface area (Å²) in [5.41, 5.74) is 2.97. The van der Waals surface area contributed by atoms with Crippen LogP contribution in [0.3, 0.4) is 0 Å². The molecule has 1 aliphatic heterocycles. The van der Waals surface area contributed by atoms with Gasteiger partial charge in [-0.15, -0.1) is 0 Å². The van der Waals surface area contributed by atoms with Crippen molar-refractivity contribution < 1.29 is 4.79 Å². The van der Waals surface area contributed by atoms with Crippen LogP contribution in [0.1, 0.15) is 17.1 Å². The summed E-state index contributed by atoms with van der Waals surface area (Å²) < 4.78 is 0. The van der Waals surface area contributed by atoms with Crippen LogP contribution in [0.5, 0.6) is 0 Å². The predicted octanol–water partition coefficient (Wildman–Crippen LogP) is 2.16. The molecular weight excluding hydrogens is 314 g/mol. The lowest BCUT2D eigenvalue weighted by Gasteiger charge is -2.44. The molecule has 1 aromatic carbocycles. The highest BCUT2D eigenvalue weighted by molar-refractivity contribution is 5.92. The molecule has 0 spiro atoms. The normalized spacial score (nSPS) is 14.5. The summed E-state index contributed by atoms with van der Waals surface area (Å²) in [6, 6.07) is 10.2. The molecule has 0 aliphatic carbocycles. The van der Waals surface area contributed by atoms with Crippen molar-refractivity contribution in [3.8, 4) is 0 Å². The molecule has 0 saturated carbocycles. The molecule has 1 aliphatic rings. The summed E-state index contributed by atoms with van der Waals surface area (Å²) in [6.07, 6.45) is 0. The fraction of sp³-hybridized carbons (Fsp3) is 0.421. The summed E-state index contributed by atoms with van der Waals surface area (Å²) >= 11 is 0. The van der Waals surface area contributed by atoms with E-state index in [1.54, 1.807) is 0 Å². The number of hydrogen-bond acceptors (Lipinski definition) is 5. The topological polar surface area (TPSA) is 61.4 Å². The Bertz CT molecular complexity index is 750. The molecule has 0 atom stereocenters. The van der Waals surface area contributed by atoms with Gasteiger partial charge in [0.2, 0.25) is 5.91 Å². The molecule has 25 heavy (non-hydrogen) atoms. The van der Waals surface area contributed by atoms with Gasteiger partial charge in [-0.25, -0.2) is 9.97 Å². The zero-order valence-corrected chi connectivity index (χ0v) is 15.3. The molecule has 132 valence electrons. The summed E-state index contributed by atoms with van der Waals surface area (Å²) in [6.45, 7) is 8.05. The van der Waals surface area contributed by atoms with Crippen LogP contribution >= 0.6 is 0 Å². The zero-order chi connectivity index (χ0) is 18.0. The van der Waals surface area contributed by atoms with Crippen LogP contribution in [0.4, 0.5) is 11.5 Å². The molecule has 0 unspecified atom stereocenters. The largest absolute Gasteiger partial charge is 0.353 e. The molecule has 1 aromatic heterocycles. The van der Waals surface area contributed by atoms with Crippen molar-refractivity contribution in [1.82, 2.24) is 14.9 Å². The number of benzene rings is 1. The number of aromatic nitrogens is 2. The van der Waals surface area contributed by atoms with E-state index in [2.05, 4.69) is 25.1 Å². The highest BCUT2D eigenvalue weighted by Gasteiger charge is 2.31. The van der Waals surface area contributed by atoms with Gasteiger partial charge in [-0.3, -0.25) is 9.69 Å². The number of hydrogen-bond donors (Lipinski definition) is 1. The van der Waals surface area contributed by atoms with Gasteiger partial charge in [-0.2, -0.15) is 0 Å². The summed E-state index contributed by atoms with van der Waals surface area (Å²) in [5, 5.41) is 2.96. The van der Waals surface area contributed by atoms with Crippen LogP contribution in [0.15, 0.2) is 30.3 Å². The summed E-state index contributed by atoms with van der Waals surface area (Å²) in [4.78, 5) is 25.4. The average Bonchev–Trinajstić information content (AvgIpc) is 2.44. The SMILES string of the molecule is Cc1cccc(NC(=O)CN(C)C2CN(c3cc(C)nc(C)n3)C2)c1. The van der Waals surface area contributed by atoms with Crippen LogP contribution in [0.25, 0.3) is 0 Å². The highest BCUT2D eigenvalue weighted by Crippen LogP contribution is 2.22. The standard InChI is InChI=1S/C19H25N5O/c1-13-6-5-7-16(8-13)22-19(25)12-23(4)17-10-24(11-17)18-9-14(2)20-15(3)21-18/h5-9,17H,10-12H2,1-4H3,(H,22,25). The third kappa shape index (κ3) is 4.33. The first kappa shape index (κ1) is 17.4. The second kappa shape index (κ2) is 7.19. The zero-order valence-electron chi connectivity index (χ0n) is 15.3. The maximum absolute atomic E-state index is 12.2. The first-order chi connectivity index (χ1) is 11.9. The van der Waals surface area contributed by atoms with Gasteiger partial charge >= 0.3 is 0 Å². The van der Waals surface area contributed by atoms with Crippen LogP contribution in [-0.4, -0.2) is 53.5 Å². The number of aryl methyl sites for hydroxylation is 3. The van der Waals surface area contributed by atoms with Crippen molar-refractivity contribution in [2.45, 2.75) is 26.8 Å².